The van der Waals surface area contributed by atoms with Crippen LogP contribution in [0.25, 0.3) is 0 Å². The van der Waals surface area contributed by atoms with Crippen molar-refractivity contribution in [2.24, 2.45) is 5.92 Å². The van der Waals surface area contributed by atoms with E-state index in [0.717, 1.165) is 24.2 Å². The summed E-state index contributed by atoms with van der Waals surface area (Å²) in [4.78, 5) is 0. The van der Waals surface area contributed by atoms with E-state index < -0.39 is 10.0 Å². The fourth-order valence-corrected chi connectivity index (χ4v) is 4.83. The number of nitrogens with zero attached hydrogens (tertiary/aromatic N) is 1. The molecule has 2 atom stereocenters. The van der Waals surface area contributed by atoms with Crippen LogP contribution in [-0.2, 0) is 27.1 Å². The molecular weight excluding hydrogens is 340 g/mol. The zero-order chi connectivity index (χ0) is 17.7. The third-order valence-corrected chi connectivity index (χ3v) is 6.77. The second-order valence-electron chi connectivity index (χ2n) is 6.74. The zero-order valence-electron chi connectivity index (χ0n) is 14.7. The molecule has 2 saturated heterocycles. The molecule has 2 aliphatic heterocycles. The van der Waals surface area contributed by atoms with Crippen molar-refractivity contribution in [2.45, 2.75) is 25.3 Å². The Bertz CT molecular complexity index is 662. The van der Waals surface area contributed by atoms with Gasteiger partial charge in [-0.2, -0.15) is 4.31 Å². The molecule has 0 aromatic heterocycles. The van der Waals surface area contributed by atoms with Gasteiger partial charge in [-0.15, -0.1) is 0 Å². The van der Waals surface area contributed by atoms with Crippen LogP contribution in [0, 0.1) is 5.92 Å². The van der Waals surface area contributed by atoms with Gasteiger partial charge in [0, 0.05) is 44.7 Å². The van der Waals surface area contributed by atoms with Crippen molar-refractivity contribution in [3.63, 3.8) is 0 Å². The number of hydrogen-bond acceptors (Lipinski definition) is 6. The van der Waals surface area contributed by atoms with Gasteiger partial charge in [0.15, 0.2) is 0 Å². The van der Waals surface area contributed by atoms with Gasteiger partial charge in [-0.25, -0.2) is 8.42 Å². The number of rotatable bonds is 7. The number of nitrogens with one attached hydrogen (secondary N) is 3. The molecule has 0 saturated carbocycles. The first-order valence-corrected chi connectivity index (χ1v) is 10.5. The molecule has 1 aromatic rings. The van der Waals surface area contributed by atoms with E-state index in [2.05, 4.69) is 23.1 Å². The molecule has 0 amide bonds. The van der Waals surface area contributed by atoms with Crippen molar-refractivity contribution in [2.75, 3.05) is 39.4 Å². The minimum Gasteiger partial charge on any atom is -0.379 e. The first-order chi connectivity index (χ1) is 12.1. The maximum absolute atomic E-state index is 12.7. The summed E-state index contributed by atoms with van der Waals surface area (Å²) in [6.45, 7) is 6.53. The van der Waals surface area contributed by atoms with E-state index in [4.69, 9.17) is 4.74 Å². The highest BCUT2D eigenvalue weighted by atomic mass is 32.2. The Balaban J connectivity index is 1.60. The minimum atomic E-state index is -3.30. The Morgan fingerprint density at radius 1 is 1.24 bits per heavy atom. The largest absolute Gasteiger partial charge is 0.379 e. The van der Waals surface area contributed by atoms with Crippen LogP contribution in [0.2, 0.25) is 0 Å². The molecular formula is C17H28N4O3S. The molecule has 8 heteroatoms. The number of morpholine rings is 1. The van der Waals surface area contributed by atoms with E-state index in [1.54, 1.807) is 0 Å². The smallest absolute Gasteiger partial charge is 0.218 e. The zero-order valence-corrected chi connectivity index (χ0v) is 15.5. The number of benzene rings is 1. The molecule has 140 valence electrons. The number of sulfonamides is 1. The third kappa shape index (κ3) is 4.99. The van der Waals surface area contributed by atoms with Gasteiger partial charge in [0.1, 0.15) is 0 Å². The van der Waals surface area contributed by atoms with E-state index in [9.17, 15) is 8.42 Å². The van der Waals surface area contributed by atoms with Crippen molar-refractivity contribution in [3.05, 3.63) is 35.4 Å². The van der Waals surface area contributed by atoms with Gasteiger partial charge in [0.25, 0.3) is 0 Å². The summed E-state index contributed by atoms with van der Waals surface area (Å²) in [5, 5.41) is 3.47. The van der Waals surface area contributed by atoms with Gasteiger partial charge in [0.05, 0.1) is 19.0 Å². The van der Waals surface area contributed by atoms with Crippen LogP contribution in [0.3, 0.4) is 0 Å². The Morgan fingerprint density at radius 3 is 2.64 bits per heavy atom. The van der Waals surface area contributed by atoms with Gasteiger partial charge in [-0.05, 0) is 18.1 Å². The van der Waals surface area contributed by atoms with Gasteiger partial charge in [0.2, 0.25) is 10.0 Å². The summed E-state index contributed by atoms with van der Waals surface area (Å²) in [5.74, 6) is 0.581. The summed E-state index contributed by atoms with van der Waals surface area (Å²) in [5.41, 5.74) is 8.30. The first kappa shape index (κ1) is 18.8. The van der Waals surface area contributed by atoms with Crippen molar-refractivity contribution >= 4 is 10.0 Å². The van der Waals surface area contributed by atoms with Crippen LogP contribution in [0.1, 0.15) is 18.1 Å². The van der Waals surface area contributed by atoms with E-state index >= 15 is 0 Å². The third-order valence-electron chi connectivity index (χ3n) is 4.94. The number of ether oxygens (including phenoxy) is 1. The summed E-state index contributed by atoms with van der Waals surface area (Å²) >= 11 is 0. The fourth-order valence-electron chi connectivity index (χ4n) is 3.27. The van der Waals surface area contributed by atoms with E-state index in [0.29, 0.717) is 44.8 Å². The monoisotopic (exact) mass is 368 g/mol. The molecule has 0 radical (unpaired) electrons. The number of hydrazine groups is 1. The standard InChI is InChI=1S/C17H28N4O3S/c1-14-17(12-19-20-14)11-18-10-15-4-2-3-5-16(15)13-25(22,23)21-6-8-24-9-7-21/h2-5,14,17-20H,6-13H2,1H3. The molecule has 0 spiro atoms. The molecule has 2 unspecified atom stereocenters. The Labute approximate surface area is 150 Å². The van der Waals surface area contributed by atoms with Crippen LogP contribution in [-0.4, -0.2) is 58.2 Å². The Kier molecular flexibility index (Phi) is 6.43. The summed E-state index contributed by atoms with van der Waals surface area (Å²) < 4.78 is 32.1. The lowest BCUT2D eigenvalue weighted by Gasteiger charge is -2.26. The normalized spacial score (nSPS) is 25.3. The molecule has 2 heterocycles. The van der Waals surface area contributed by atoms with Gasteiger partial charge in [-0.1, -0.05) is 24.3 Å². The van der Waals surface area contributed by atoms with Crippen molar-refractivity contribution in [1.82, 2.24) is 20.5 Å². The van der Waals surface area contributed by atoms with Crippen LogP contribution in [0.5, 0.6) is 0 Å². The molecule has 3 N–H and O–H groups in total. The lowest BCUT2D eigenvalue weighted by Crippen LogP contribution is -2.41. The van der Waals surface area contributed by atoms with E-state index in [-0.39, 0.29) is 5.75 Å². The van der Waals surface area contributed by atoms with E-state index in [1.165, 1.54) is 4.31 Å². The maximum atomic E-state index is 12.7. The van der Waals surface area contributed by atoms with Crippen LogP contribution >= 0.6 is 0 Å². The SMILES string of the molecule is CC1NNCC1CNCc1ccccc1CS(=O)(=O)N1CCOCC1. The maximum Gasteiger partial charge on any atom is 0.218 e. The Morgan fingerprint density at radius 2 is 1.96 bits per heavy atom. The lowest BCUT2D eigenvalue weighted by molar-refractivity contribution is 0.0729. The van der Waals surface area contributed by atoms with Crippen LogP contribution in [0.15, 0.2) is 24.3 Å². The molecule has 1 aromatic carbocycles. The minimum absolute atomic E-state index is 0.0494. The molecule has 2 aliphatic rings. The predicted molar refractivity (Wildman–Crippen MR) is 97.3 cm³/mol. The van der Waals surface area contributed by atoms with Gasteiger partial charge in [-0.3, -0.25) is 10.9 Å². The predicted octanol–water partition coefficient (Wildman–Crippen LogP) is 0.0507. The van der Waals surface area contributed by atoms with Crippen molar-refractivity contribution in [3.8, 4) is 0 Å². The highest BCUT2D eigenvalue weighted by molar-refractivity contribution is 7.88. The van der Waals surface area contributed by atoms with Crippen LogP contribution in [0.4, 0.5) is 0 Å². The molecule has 25 heavy (non-hydrogen) atoms. The van der Waals surface area contributed by atoms with Gasteiger partial charge < -0.3 is 10.1 Å². The summed E-state index contributed by atoms with van der Waals surface area (Å²) in [7, 11) is -3.30. The van der Waals surface area contributed by atoms with Crippen LogP contribution < -0.4 is 16.2 Å². The van der Waals surface area contributed by atoms with Crippen molar-refractivity contribution < 1.29 is 13.2 Å². The molecule has 7 nitrogen and oxygen atoms in total. The first-order valence-electron chi connectivity index (χ1n) is 8.88. The summed E-state index contributed by atoms with van der Waals surface area (Å²) in [6.07, 6.45) is 0. The molecule has 0 aliphatic carbocycles. The summed E-state index contributed by atoms with van der Waals surface area (Å²) in [6, 6.07) is 8.22. The second-order valence-corrected chi connectivity index (χ2v) is 8.71. The number of hydrogen-bond donors (Lipinski definition) is 3. The molecule has 2 fully saturated rings. The fraction of sp³-hybridized carbons (Fsp3) is 0.647. The Hall–Kier alpha value is -1.03. The molecule has 3 rings (SSSR count). The van der Waals surface area contributed by atoms with E-state index in [1.807, 2.05) is 24.3 Å². The van der Waals surface area contributed by atoms with Gasteiger partial charge >= 0.3 is 0 Å². The quantitative estimate of drug-likeness (QED) is 0.631. The molecule has 0 bridgehead atoms. The average molecular weight is 369 g/mol. The highest BCUT2D eigenvalue weighted by Gasteiger charge is 2.25. The van der Waals surface area contributed by atoms with Crippen molar-refractivity contribution in [1.29, 1.82) is 0 Å². The average Bonchev–Trinajstić information content (AvgIpc) is 3.02. The lowest BCUT2D eigenvalue weighted by atomic mass is 10.0. The second kappa shape index (κ2) is 8.57. The highest BCUT2D eigenvalue weighted by Crippen LogP contribution is 2.17. The topological polar surface area (TPSA) is 82.7 Å².